The Morgan fingerprint density at radius 2 is 1.79 bits per heavy atom. The van der Waals surface area contributed by atoms with Crippen molar-refractivity contribution in [1.29, 1.82) is 5.26 Å². The molecule has 1 aromatic heterocycles. The van der Waals surface area contributed by atoms with E-state index in [2.05, 4.69) is 34.1 Å². The Morgan fingerprint density at radius 3 is 2.52 bits per heavy atom. The number of rotatable bonds is 4. The first-order chi connectivity index (χ1) is 14.0. The zero-order valence-corrected chi connectivity index (χ0v) is 17.3. The van der Waals surface area contributed by atoms with E-state index in [1.54, 1.807) is 10.4 Å². The summed E-state index contributed by atoms with van der Waals surface area (Å²) in [6, 6.07) is 15.4. The Hall–Kier alpha value is -2.27. The van der Waals surface area contributed by atoms with Crippen LogP contribution in [0.15, 0.2) is 53.6 Å². The molecule has 0 amide bonds. The van der Waals surface area contributed by atoms with Gasteiger partial charge in [0, 0.05) is 37.9 Å². The van der Waals surface area contributed by atoms with Gasteiger partial charge in [-0.3, -0.25) is 4.90 Å². The van der Waals surface area contributed by atoms with Crippen LogP contribution in [0.1, 0.15) is 43.4 Å². The molecule has 152 valence electrons. The van der Waals surface area contributed by atoms with Crippen LogP contribution in [-0.2, 0) is 16.6 Å². The van der Waals surface area contributed by atoms with Gasteiger partial charge >= 0.3 is 0 Å². The molecule has 2 aliphatic rings. The van der Waals surface area contributed by atoms with E-state index in [4.69, 9.17) is 0 Å². The molecule has 1 saturated carbocycles. The highest BCUT2D eigenvalue weighted by atomic mass is 32.2. The van der Waals surface area contributed by atoms with Crippen molar-refractivity contribution in [2.24, 2.45) is 0 Å². The van der Waals surface area contributed by atoms with E-state index in [0.29, 0.717) is 19.6 Å². The SMILES string of the molecule is N#Cc1ncccc1S(=O)(=O)N1CCN(Cc2ccccc2)C2(CCCCC2)C1. The highest BCUT2D eigenvalue weighted by Crippen LogP contribution is 2.39. The second-order valence-corrected chi connectivity index (χ2v) is 9.90. The van der Waals surface area contributed by atoms with E-state index < -0.39 is 10.0 Å². The van der Waals surface area contributed by atoms with Crippen LogP contribution in [0.2, 0.25) is 0 Å². The molecule has 6 nitrogen and oxygen atoms in total. The number of hydrogen-bond acceptors (Lipinski definition) is 5. The number of sulfonamides is 1. The van der Waals surface area contributed by atoms with Gasteiger partial charge in [0.15, 0.2) is 5.69 Å². The summed E-state index contributed by atoms with van der Waals surface area (Å²) in [5, 5.41) is 9.32. The van der Waals surface area contributed by atoms with Gasteiger partial charge in [0.2, 0.25) is 10.0 Å². The van der Waals surface area contributed by atoms with E-state index in [1.165, 1.54) is 24.2 Å². The molecule has 1 spiro atoms. The van der Waals surface area contributed by atoms with Gasteiger partial charge < -0.3 is 0 Å². The Labute approximate surface area is 172 Å². The number of nitriles is 1. The van der Waals surface area contributed by atoms with Crippen LogP contribution in [0.25, 0.3) is 0 Å². The van der Waals surface area contributed by atoms with Crippen molar-refractivity contribution < 1.29 is 8.42 Å². The normalized spacial score (nSPS) is 20.4. The number of benzene rings is 1. The number of hydrogen-bond donors (Lipinski definition) is 0. The molecule has 2 heterocycles. The molecule has 2 fully saturated rings. The first-order valence-electron chi connectivity index (χ1n) is 10.2. The predicted octanol–water partition coefficient (Wildman–Crippen LogP) is 3.16. The summed E-state index contributed by atoms with van der Waals surface area (Å²) in [5.74, 6) is 0. The number of aromatic nitrogens is 1. The fraction of sp³-hybridized carbons (Fsp3) is 0.455. The van der Waals surface area contributed by atoms with E-state index in [0.717, 1.165) is 32.2 Å². The molecule has 0 bridgehead atoms. The Bertz CT molecular complexity index is 995. The molecular weight excluding hydrogens is 384 g/mol. The minimum absolute atomic E-state index is 0.0185. The summed E-state index contributed by atoms with van der Waals surface area (Å²) in [4.78, 5) is 6.46. The third-order valence-electron chi connectivity index (χ3n) is 6.26. The summed E-state index contributed by atoms with van der Waals surface area (Å²) in [6.45, 7) is 2.43. The summed E-state index contributed by atoms with van der Waals surface area (Å²) in [5.41, 5.74) is 1.08. The molecule has 2 aromatic rings. The van der Waals surface area contributed by atoms with Crippen LogP contribution in [0.4, 0.5) is 0 Å². The molecule has 1 aromatic carbocycles. The van der Waals surface area contributed by atoms with Crippen LogP contribution in [0, 0.1) is 11.3 Å². The second-order valence-electron chi connectivity index (χ2n) is 7.99. The maximum absolute atomic E-state index is 13.4. The second kappa shape index (κ2) is 8.23. The Morgan fingerprint density at radius 1 is 1.03 bits per heavy atom. The van der Waals surface area contributed by atoms with Crippen molar-refractivity contribution in [2.45, 2.75) is 49.1 Å². The molecule has 0 unspecified atom stereocenters. The van der Waals surface area contributed by atoms with Crippen molar-refractivity contribution >= 4 is 10.0 Å². The van der Waals surface area contributed by atoms with Gasteiger partial charge in [0.1, 0.15) is 11.0 Å². The lowest BCUT2D eigenvalue weighted by Gasteiger charge is -2.52. The summed E-state index contributed by atoms with van der Waals surface area (Å²) in [7, 11) is -3.75. The van der Waals surface area contributed by atoms with E-state index in [9.17, 15) is 13.7 Å². The lowest BCUT2D eigenvalue weighted by Crippen LogP contribution is -2.63. The average molecular weight is 411 g/mol. The largest absolute Gasteiger partial charge is 0.291 e. The van der Waals surface area contributed by atoms with E-state index >= 15 is 0 Å². The maximum atomic E-state index is 13.4. The van der Waals surface area contributed by atoms with Gasteiger partial charge in [0.05, 0.1) is 0 Å². The molecule has 4 rings (SSSR count). The number of piperazine rings is 1. The lowest BCUT2D eigenvalue weighted by atomic mass is 9.79. The third kappa shape index (κ3) is 3.93. The standard InChI is InChI=1S/C22H26N4O2S/c23-16-20-21(10-7-13-24-20)29(27,28)26-15-14-25(17-19-8-3-1-4-9-19)22(18-26)11-5-2-6-12-22/h1,3-4,7-10,13H,2,5-6,11-12,14-15,17-18H2. The zero-order chi connectivity index (χ0) is 20.3. The van der Waals surface area contributed by atoms with Crippen LogP contribution in [0.3, 0.4) is 0 Å². The molecule has 0 atom stereocenters. The van der Waals surface area contributed by atoms with Crippen LogP contribution >= 0.6 is 0 Å². The van der Waals surface area contributed by atoms with Gasteiger partial charge in [-0.1, -0.05) is 49.6 Å². The molecule has 0 N–H and O–H groups in total. The Balaban J connectivity index is 1.63. The van der Waals surface area contributed by atoms with Crippen LogP contribution < -0.4 is 0 Å². The van der Waals surface area contributed by atoms with Gasteiger partial charge in [-0.15, -0.1) is 0 Å². The van der Waals surface area contributed by atoms with Gasteiger partial charge in [0.25, 0.3) is 0 Å². The lowest BCUT2D eigenvalue weighted by molar-refractivity contribution is -0.00681. The number of pyridine rings is 1. The minimum atomic E-state index is -3.75. The molecule has 29 heavy (non-hydrogen) atoms. The topological polar surface area (TPSA) is 77.3 Å². The number of nitrogens with zero attached hydrogens (tertiary/aromatic N) is 4. The van der Waals surface area contributed by atoms with Crippen molar-refractivity contribution in [3.63, 3.8) is 0 Å². The van der Waals surface area contributed by atoms with Crippen molar-refractivity contribution in [3.8, 4) is 6.07 Å². The summed E-state index contributed by atoms with van der Waals surface area (Å²) in [6.07, 6.45) is 6.91. The van der Waals surface area contributed by atoms with Crippen molar-refractivity contribution in [3.05, 3.63) is 59.9 Å². The predicted molar refractivity (Wildman–Crippen MR) is 110 cm³/mol. The average Bonchev–Trinajstić information content (AvgIpc) is 2.76. The Kier molecular flexibility index (Phi) is 5.68. The fourth-order valence-electron chi connectivity index (χ4n) is 4.74. The monoisotopic (exact) mass is 410 g/mol. The smallest absolute Gasteiger partial charge is 0.246 e. The fourth-order valence-corrected chi connectivity index (χ4v) is 6.34. The van der Waals surface area contributed by atoms with Crippen LogP contribution in [-0.4, -0.2) is 47.8 Å². The summed E-state index contributed by atoms with van der Waals surface area (Å²) < 4.78 is 28.3. The molecule has 1 saturated heterocycles. The molecule has 1 aliphatic carbocycles. The quantitative estimate of drug-likeness (QED) is 0.774. The van der Waals surface area contributed by atoms with Crippen LogP contribution in [0.5, 0.6) is 0 Å². The highest BCUT2D eigenvalue weighted by molar-refractivity contribution is 7.89. The maximum Gasteiger partial charge on any atom is 0.246 e. The van der Waals surface area contributed by atoms with Crippen molar-refractivity contribution in [1.82, 2.24) is 14.2 Å². The van der Waals surface area contributed by atoms with E-state index in [1.807, 2.05) is 12.1 Å². The molecule has 1 aliphatic heterocycles. The molecule has 7 heteroatoms. The first-order valence-corrected chi connectivity index (χ1v) is 11.6. The van der Waals surface area contributed by atoms with Gasteiger partial charge in [-0.05, 0) is 30.5 Å². The van der Waals surface area contributed by atoms with Gasteiger partial charge in [-0.25, -0.2) is 13.4 Å². The third-order valence-corrected chi connectivity index (χ3v) is 8.13. The van der Waals surface area contributed by atoms with E-state index in [-0.39, 0.29) is 16.1 Å². The minimum Gasteiger partial charge on any atom is -0.291 e. The molecule has 0 radical (unpaired) electrons. The highest BCUT2D eigenvalue weighted by Gasteiger charge is 2.45. The first kappa shape index (κ1) is 20.0. The molecular formula is C22H26N4O2S. The van der Waals surface area contributed by atoms with Crippen molar-refractivity contribution in [2.75, 3.05) is 19.6 Å². The van der Waals surface area contributed by atoms with Gasteiger partial charge in [-0.2, -0.15) is 9.57 Å². The summed E-state index contributed by atoms with van der Waals surface area (Å²) >= 11 is 0. The zero-order valence-electron chi connectivity index (χ0n) is 16.5.